The second-order valence-corrected chi connectivity index (χ2v) is 10.2. The zero-order valence-electron chi connectivity index (χ0n) is 19.2. The van der Waals surface area contributed by atoms with Gasteiger partial charge in [0.2, 0.25) is 0 Å². The summed E-state index contributed by atoms with van der Waals surface area (Å²) in [6.07, 6.45) is 1.92. The Hall–Kier alpha value is -2.76. The number of morpholine rings is 1. The van der Waals surface area contributed by atoms with Crippen LogP contribution < -0.4 is 15.5 Å². The van der Waals surface area contributed by atoms with Gasteiger partial charge < -0.3 is 25.0 Å². The zero-order chi connectivity index (χ0) is 23.8. The maximum Gasteiger partial charge on any atom is 0.319 e. The topological polar surface area (TPSA) is 123 Å². The molecule has 1 fully saturated rings. The monoisotopic (exact) mass is 477 g/mol. The molecule has 1 aliphatic heterocycles. The van der Waals surface area contributed by atoms with Crippen LogP contribution in [0.25, 0.3) is 11.4 Å². The Bertz CT molecular complexity index is 1050. The number of carbonyl (C=O) groups is 1. The molecule has 0 unspecified atom stereocenters. The van der Waals surface area contributed by atoms with E-state index in [-0.39, 0.29) is 17.8 Å². The van der Waals surface area contributed by atoms with E-state index in [0.29, 0.717) is 55.9 Å². The SMILES string of the molecule is COCCCNC(=O)Nc1ccc(-c2nc(CS(C)(=O)=O)cc(N3CCOC[C@@H]3C)n2)cc1. The number of methoxy groups -OCH3 is 1. The van der Waals surface area contributed by atoms with Gasteiger partial charge in [0.25, 0.3) is 0 Å². The van der Waals surface area contributed by atoms with Crippen molar-refractivity contribution in [3.8, 4) is 11.4 Å². The van der Waals surface area contributed by atoms with E-state index in [1.807, 2.05) is 6.92 Å². The average Bonchev–Trinajstić information content (AvgIpc) is 2.76. The van der Waals surface area contributed by atoms with E-state index in [1.165, 1.54) is 6.26 Å². The molecule has 1 aliphatic rings. The van der Waals surface area contributed by atoms with Crippen LogP contribution in [0.15, 0.2) is 30.3 Å². The normalized spacial score (nSPS) is 16.5. The third-order valence-electron chi connectivity index (χ3n) is 5.05. The van der Waals surface area contributed by atoms with Gasteiger partial charge >= 0.3 is 6.03 Å². The lowest BCUT2D eigenvalue weighted by Gasteiger charge is -2.34. The van der Waals surface area contributed by atoms with E-state index in [1.54, 1.807) is 37.4 Å². The zero-order valence-corrected chi connectivity index (χ0v) is 20.0. The lowest BCUT2D eigenvalue weighted by molar-refractivity contribution is 0.0985. The number of nitrogens with zero attached hydrogens (tertiary/aromatic N) is 3. The summed E-state index contributed by atoms with van der Waals surface area (Å²) in [5.41, 5.74) is 1.78. The molecule has 33 heavy (non-hydrogen) atoms. The molecule has 11 heteroatoms. The summed E-state index contributed by atoms with van der Waals surface area (Å²) >= 11 is 0. The van der Waals surface area contributed by atoms with Gasteiger partial charge in [0.1, 0.15) is 5.82 Å². The van der Waals surface area contributed by atoms with Gasteiger partial charge in [0, 0.05) is 50.4 Å². The first-order valence-corrected chi connectivity index (χ1v) is 12.9. The van der Waals surface area contributed by atoms with Gasteiger partial charge in [0.15, 0.2) is 15.7 Å². The van der Waals surface area contributed by atoms with Crippen LogP contribution in [0.5, 0.6) is 0 Å². The Labute approximate surface area is 194 Å². The molecule has 1 atom stereocenters. The minimum Gasteiger partial charge on any atom is -0.385 e. The number of benzene rings is 1. The molecule has 1 aromatic carbocycles. The second kappa shape index (κ2) is 11.4. The van der Waals surface area contributed by atoms with Crippen LogP contribution in [0, 0.1) is 0 Å². The van der Waals surface area contributed by atoms with Crippen LogP contribution in [0.2, 0.25) is 0 Å². The number of hydrogen-bond donors (Lipinski definition) is 2. The molecule has 10 nitrogen and oxygen atoms in total. The molecule has 1 aromatic heterocycles. The van der Waals surface area contributed by atoms with E-state index in [0.717, 1.165) is 12.0 Å². The Balaban J connectivity index is 1.80. The van der Waals surface area contributed by atoms with Crippen LogP contribution in [-0.2, 0) is 25.1 Å². The Morgan fingerprint density at radius 3 is 2.70 bits per heavy atom. The molecule has 180 valence electrons. The smallest absolute Gasteiger partial charge is 0.319 e. The lowest BCUT2D eigenvalue weighted by Crippen LogP contribution is -2.44. The van der Waals surface area contributed by atoms with Crippen LogP contribution in [0.3, 0.4) is 0 Å². The fourth-order valence-corrected chi connectivity index (χ4v) is 4.15. The van der Waals surface area contributed by atoms with Gasteiger partial charge in [-0.3, -0.25) is 0 Å². The summed E-state index contributed by atoms with van der Waals surface area (Å²) in [5.74, 6) is 0.935. The fraction of sp³-hybridized carbons (Fsp3) is 0.500. The van der Waals surface area contributed by atoms with E-state index >= 15 is 0 Å². The first kappa shape index (κ1) is 24.9. The summed E-state index contributed by atoms with van der Waals surface area (Å²) in [6.45, 7) is 4.96. The number of carbonyl (C=O) groups excluding carboxylic acids is 1. The highest BCUT2D eigenvalue weighted by molar-refractivity contribution is 7.89. The average molecular weight is 478 g/mol. The first-order valence-electron chi connectivity index (χ1n) is 10.8. The van der Waals surface area contributed by atoms with E-state index in [2.05, 4.69) is 20.5 Å². The molecule has 1 saturated heterocycles. The number of amides is 2. The minimum absolute atomic E-state index is 0.113. The molecule has 0 aliphatic carbocycles. The molecule has 0 saturated carbocycles. The van der Waals surface area contributed by atoms with Gasteiger partial charge in [0.05, 0.1) is 30.7 Å². The van der Waals surface area contributed by atoms with E-state index < -0.39 is 9.84 Å². The third-order valence-corrected chi connectivity index (χ3v) is 5.87. The van der Waals surface area contributed by atoms with Crippen molar-refractivity contribution in [2.75, 3.05) is 56.5 Å². The van der Waals surface area contributed by atoms with E-state index in [9.17, 15) is 13.2 Å². The van der Waals surface area contributed by atoms with Crippen molar-refractivity contribution in [3.63, 3.8) is 0 Å². The van der Waals surface area contributed by atoms with Crippen molar-refractivity contribution in [1.82, 2.24) is 15.3 Å². The lowest BCUT2D eigenvalue weighted by atomic mass is 10.2. The quantitative estimate of drug-likeness (QED) is 0.526. The van der Waals surface area contributed by atoms with Crippen molar-refractivity contribution in [1.29, 1.82) is 0 Å². The summed E-state index contributed by atoms with van der Waals surface area (Å²) in [6, 6.07) is 8.66. The number of ether oxygens (including phenoxy) is 2. The molecule has 0 spiro atoms. The highest BCUT2D eigenvalue weighted by atomic mass is 32.2. The van der Waals surface area contributed by atoms with Crippen LogP contribution in [0.4, 0.5) is 16.3 Å². The van der Waals surface area contributed by atoms with Gasteiger partial charge in [-0.05, 0) is 37.6 Å². The second-order valence-electron chi connectivity index (χ2n) is 8.03. The van der Waals surface area contributed by atoms with Gasteiger partial charge in [-0.2, -0.15) is 0 Å². The maximum absolute atomic E-state index is 12.0. The molecule has 0 bridgehead atoms. The predicted molar refractivity (Wildman–Crippen MR) is 127 cm³/mol. The third kappa shape index (κ3) is 7.65. The van der Waals surface area contributed by atoms with Crippen LogP contribution >= 0.6 is 0 Å². The summed E-state index contributed by atoms with van der Waals surface area (Å²) in [5, 5.41) is 5.54. The van der Waals surface area contributed by atoms with Crippen molar-refractivity contribution in [2.45, 2.75) is 25.1 Å². The Morgan fingerprint density at radius 1 is 1.27 bits per heavy atom. The first-order chi connectivity index (χ1) is 15.7. The molecule has 2 heterocycles. The molecule has 2 aromatic rings. The summed E-state index contributed by atoms with van der Waals surface area (Å²) in [4.78, 5) is 23.3. The van der Waals surface area contributed by atoms with E-state index in [4.69, 9.17) is 14.5 Å². The summed E-state index contributed by atoms with van der Waals surface area (Å²) < 4.78 is 34.3. The molecule has 3 rings (SSSR count). The largest absolute Gasteiger partial charge is 0.385 e. The Morgan fingerprint density at radius 2 is 2.03 bits per heavy atom. The van der Waals surface area contributed by atoms with Crippen molar-refractivity contribution in [3.05, 3.63) is 36.0 Å². The highest BCUT2D eigenvalue weighted by Crippen LogP contribution is 2.25. The van der Waals surface area contributed by atoms with Gasteiger partial charge in [-0.25, -0.2) is 23.2 Å². The molecular formula is C22H31N5O5S. The van der Waals surface area contributed by atoms with Crippen molar-refractivity contribution in [2.24, 2.45) is 0 Å². The Kier molecular flexibility index (Phi) is 8.59. The van der Waals surface area contributed by atoms with Gasteiger partial charge in [-0.15, -0.1) is 0 Å². The number of rotatable bonds is 9. The molecule has 2 N–H and O–H groups in total. The molecular weight excluding hydrogens is 446 g/mol. The molecule has 2 amide bonds. The van der Waals surface area contributed by atoms with Crippen molar-refractivity contribution < 1.29 is 22.7 Å². The number of sulfone groups is 1. The highest BCUT2D eigenvalue weighted by Gasteiger charge is 2.22. The number of urea groups is 1. The fourth-order valence-electron chi connectivity index (χ4n) is 3.47. The van der Waals surface area contributed by atoms with Gasteiger partial charge in [-0.1, -0.05) is 0 Å². The number of anilines is 2. The van der Waals surface area contributed by atoms with Crippen LogP contribution in [0.1, 0.15) is 19.0 Å². The standard InChI is InChI=1S/C22H31N5O5S/c1-16-14-32-12-10-27(16)20-13-19(15-33(3,29)30)24-21(26-20)17-5-7-18(8-6-17)25-22(28)23-9-4-11-31-2/h5-8,13,16H,4,9-12,14-15H2,1-3H3,(H2,23,25,28)/t16-/m0/s1. The van der Waals surface area contributed by atoms with Crippen molar-refractivity contribution >= 4 is 27.4 Å². The minimum atomic E-state index is -3.26. The summed E-state index contributed by atoms with van der Waals surface area (Å²) in [7, 11) is -1.65. The molecule has 0 radical (unpaired) electrons. The van der Waals surface area contributed by atoms with Crippen LogP contribution in [-0.4, -0.2) is 76.7 Å². The maximum atomic E-state index is 12.0. The number of nitrogens with one attached hydrogen (secondary N) is 2. The number of aromatic nitrogens is 2. The number of hydrogen-bond acceptors (Lipinski definition) is 8. The predicted octanol–water partition coefficient (Wildman–Crippen LogP) is 2.07.